The number of benzene rings is 1. The van der Waals surface area contributed by atoms with Crippen LogP contribution in [0.5, 0.6) is 5.75 Å². The molecule has 98 valence electrons. The Bertz CT molecular complexity index is 556. The number of aromatic nitrogens is 1. The van der Waals surface area contributed by atoms with Gasteiger partial charge >= 0.3 is 0 Å². The van der Waals surface area contributed by atoms with Crippen LogP contribution >= 0.6 is 23.7 Å². The van der Waals surface area contributed by atoms with Crippen LogP contribution in [0.3, 0.4) is 0 Å². The fourth-order valence-electron chi connectivity index (χ4n) is 1.30. The molecule has 1 aromatic carbocycles. The Morgan fingerprint density at radius 3 is 2.89 bits per heavy atom. The van der Waals surface area contributed by atoms with Gasteiger partial charge in [-0.15, -0.1) is 12.4 Å². The number of halogens is 1. The summed E-state index contributed by atoms with van der Waals surface area (Å²) < 4.78 is 6.08. The topological polar surface area (TPSA) is 77.2 Å². The standard InChI is InChI=1S/C11H13N3O2S.ClH/c1-6(12)10(15)14-11-13-8-4-3-7(16-2)5-9(8)17-11;/h3-6H,12H2,1-2H3,(H,13,14,15);1H/t6-;/m1./s1. The molecule has 0 unspecified atom stereocenters. The smallest absolute Gasteiger partial charge is 0.242 e. The van der Waals surface area contributed by atoms with Crippen LogP contribution in [0.25, 0.3) is 10.2 Å². The van der Waals surface area contributed by atoms with E-state index >= 15 is 0 Å². The number of hydrogen-bond acceptors (Lipinski definition) is 5. The van der Waals surface area contributed by atoms with Gasteiger partial charge in [0.15, 0.2) is 5.13 Å². The monoisotopic (exact) mass is 287 g/mol. The molecule has 0 saturated heterocycles. The van der Waals surface area contributed by atoms with Gasteiger partial charge in [-0.2, -0.15) is 0 Å². The number of rotatable bonds is 3. The van der Waals surface area contributed by atoms with E-state index in [9.17, 15) is 4.79 Å². The van der Waals surface area contributed by atoms with Gasteiger partial charge in [0.1, 0.15) is 5.75 Å². The molecule has 5 nitrogen and oxygen atoms in total. The van der Waals surface area contributed by atoms with Crippen molar-refractivity contribution < 1.29 is 9.53 Å². The molecule has 1 aromatic heterocycles. The van der Waals surface area contributed by atoms with E-state index < -0.39 is 6.04 Å². The lowest BCUT2D eigenvalue weighted by Gasteiger charge is -2.02. The quantitative estimate of drug-likeness (QED) is 0.905. The summed E-state index contributed by atoms with van der Waals surface area (Å²) in [4.78, 5) is 15.7. The third-order valence-corrected chi connectivity index (χ3v) is 3.17. The summed E-state index contributed by atoms with van der Waals surface area (Å²) in [5.41, 5.74) is 6.30. The van der Waals surface area contributed by atoms with E-state index in [2.05, 4.69) is 10.3 Å². The third kappa shape index (κ3) is 3.10. The first kappa shape index (κ1) is 14.7. The Labute approximate surface area is 115 Å². The number of ether oxygens (including phenoxy) is 1. The Morgan fingerprint density at radius 2 is 2.28 bits per heavy atom. The summed E-state index contributed by atoms with van der Waals surface area (Å²) in [5.74, 6) is 0.530. The van der Waals surface area contributed by atoms with Gasteiger partial charge in [0.25, 0.3) is 0 Å². The van der Waals surface area contributed by atoms with Crippen molar-refractivity contribution in [2.45, 2.75) is 13.0 Å². The molecular formula is C11H14ClN3O2S. The van der Waals surface area contributed by atoms with E-state index in [4.69, 9.17) is 10.5 Å². The number of nitrogens with zero attached hydrogens (tertiary/aromatic N) is 1. The predicted octanol–water partition coefficient (Wildman–Crippen LogP) is 2.01. The van der Waals surface area contributed by atoms with Crippen LogP contribution in [0.4, 0.5) is 5.13 Å². The molecule has 0 bridgehead atoms. The molecule has 3 N–H and O–H groups in total. The number of thiazole rings is 1. The molecule has 2 rings (SSSR count). The molecule has 0 fully saturated rings. The lowest BCUT2D eigenvalue weighted by molar-refractivity contribution is -0.117. The molecular weight excluding hydrogens is 274 g/mol. The highest BCUT2D eigenvalue weighted by molar-refractivity contribution is 7.22. The van der Waals surface area contributed by atoms with Crippen LogP contribution in [0.1, 0.15) is 6.92 Å². The molecule has 1 heterocycles. The number of carbonyl (C=O) groups is 1. The minimum absolute atomic E-state index is 0. The summed E-state index contributed by atoms with van der Waals surface area (Å²) in [6, 6.07) is 5.02. The zero-order valence-corrected chi connectivity index (χ0v) is 11.6. The van der Waals surface area contributed by atoms with Crippen molar-refractivity contribution in [3.05, 3.63) is 18.2 Å². The van der Waals surface area contributed by atoms with Crippen LogP contribution < -0.4 is 15.8 Å². The van der Waals surface area contributed by atoms with Crippen molar-refractivity contribution in [2.75, 3.05) is 12.4 Å². The molecule has 7 heteroatoms. The number of carbonyl (C=O) groups excluding carboxylic acids is 1. The maximum atomic E-state index is 11.4. The fourth-order valence-corrected chi connectivity index (χ4v) is 2.20. The molecule has 1 amide bonds. The number of fused-ring (bicyclic) bond motifs is 1. The average Bonchev–Trinajstić information content (AvgIpc) is 2.69. The van der Waals surface area contributed by atoms with Crippen LogP contribution in [0, 0.1) is 0 Å². The third-order valence-electron chi connectivity index (χ3n) is 2.24. The zero-order chi connectivity index (χ0) is 12.4. The second-order valence-electron chi connectivity index (χ2n) is 3.63. The molecule has 0 radical (unpaired) electrons. The minimum Gasteiger partial charge on any atom is -0.497 e. The minimum atomic E-state index is -0.545. The van der Waals surface area contributed by atoms with Crippen molar-refractivity contribution in [1.82, 2.24) is 4.98 Å². The van der Waals surface area contributed by atoms with E-state index in [0.717, 1.165) is 16.0 Å². The summed E-state index contributed by atoms with van der Waals surface area (Å²) in [6.07, 6.45) is 0. The van der Waals surface area contributed by atoms with Crippen molar-refractivity contribution in [1.29, 1.82) is 0 Å². The highest BCUT2D eigenvalue weighted by Gasteiger charge is 2.11. The summed E-state index contributed by atoms with van der Waals surface area (Å²) >= 11 is 1.39. The molecule has 0 aliphatic heterocycles. The average molecular weight is 288 g/mol. The van der Waals surface area contributed by atoms with Gasteiger partial charge in [0.05, 0.1) is 23.4 Å². The molecule has 18 heavy (non-hydrogen) atoms. The van der Waals surface area contributed by atoms with Gasteiger partial charge in [0, 0.05) is 0 Å². The SMILES string of the molecule is COc1ccc2nc(NC(=O)[C@@H](C)N)sc2c1.Cl. The van der Waals surface area contributed by atoms with E-state index in [1.54, 1.807) is 14.0 Å². The normalized spacial score (nSPS) is 11.7. The maximum Gasteiger partial charge on any atom is 0.242 e. The van der Waals surface area contributed by atoms with Gasteiger partial charge in [-0.1, -0.05) is 11.3 Å². The van der Waals surface area contributed by atoms with Crippen LogP contribution in [0.15, 0.2) is 18.2 Å². The highest BCUT2D eigenvalue weighted by Crippen LogP contribution is 2.29. The first-order valence-electron chi connectivity index (χ1n) is 5.11. The van der Waals surface area contributed by atoms with E-state index in [0.29, 0.717) is 5.13 Å². The van der Waals surface area contributed by atoms with Crippen LogP contribution in [-0.4, -0.2) is 24.0 Å². The molecule has 0 spiro atoms. The zero-order valence-electron chi connectivity index (χ0n) is 9.97. The van der Waals surface area contributed by atoms with Crippen molar-refractivity contribution >= 4 is 45.0 Å². The van der Waals surface area contributed by atoms with Gasteiger partial charge in [-0.3, -0.25) is 4.79 Å². The van der Waals surface area contributed by atoms with Crippen LogP contribution in [-0.2, 0) is 4.79 Å². The van der Waals surface area contributed by atoms with Crippen molar-refractivity contribution in [3.8, 4) is 5.75 Å². The number of methoxy groups -OCH3 is 1. The van der Waals surface area contributed by atoms with E-state index in [1.165, 1.54) is 11.3 Å². The number of anilines is 1. The fraction of sp³-hybridized carbons (Fsp3) is 0.273. The van der Waals surface area contributed by atoms with Gasteiger partial charge in [0.2, 0.25) is 5.91 Å². The Kier molecular flexibility index (Phi) is 4.89. The summed E-state index contributed by atoms with van der Waals surface area (Å²) in [5, 5.41) is 3.22. The number of hydrogen-bond donors (Lipinski definition) is 2. The second-order valence-corrected chi connectivity index (χ2v) is 4.66. The van der Waals surface area contributed by atoms with Gasteiger partial charge < -0.3 is 15.8 Å². The lowest BCUT2D eigenvalue weighted by Crippen LogP contribution is -2.32. The van der Waals surface area contributed by atoms with Gasteiger partial charge in [-0.05, 0) is 25.1 Å². The maximum absolute atomic E-state index is 11.4. The van der Waals surface area contributed by atoms with E-state index in [-0.39, 0.29) is 18.3 Å². The van der Waals surface area contributed by atoms with Crippen LogP contribution in [0.2, 0.25) is 0 Å². The summed E-state index contributed by atoms with van der Waals surface area (Å²) in [7, 11) is 1.61. The van der Waals surface area contributed by atoms with Crippen molar-refractivity contribution in [3.63, 3.8) is 0 Å². The molecule has 0 saturated carbocycles. The lowest BCUT2D eigenvalue weighted by atomic mass is 10.3. The Hall–Kier alpha value is -1.37. The number of nitrogens with two attached hydrogens (primary N) is 1. The Morgan fingerprint density at radius 1 is 1.56 bits per heavy atom. The first-order chi connectivity index (χ1) is 8.10. The Balaban J connectivity index is 0.00000162. The first-order valence-corrected chi connectivity index (χ1v) is 5.93. The number of nitrogens with one attached hydrogen (secondary N) is 1. The highest BCUT2D eigenvalue weighted by atomic mass is 35.5. The predicted molar refractivity (Wildman–Crippen MR) is 75.7 cm³/mol. The molecule has 2 aromatic rings. The second kappa shape index (κ2) is 5.99. The number of amides is 1. The summed E-state index contributed by atoms with van der Waals surface area (Å²) in [6.45, 7) is 1.63. The van der Waals surface area contributed by atoms with Gasteiger partial charge in [-0.25, -0.2) is 4.98 Å². The molecule has 0 aliphatic rings. The van der Waals surface area contributed by atoms with Crippen molar-refractivity contribution in [2.24, 2.45) is 5.73 Å². The molecule has 0 aliphatic carbocycles. The largest absolute Gasteiger partial charge is 0.497 e. The van der Waals surface area contributed by atoms with E-state index in [1.807, 2.05) is 18.2 Å². The molecule has 1 atom stereocenters.